The highest BCUT2D eigenvalue weighted by Crippen LogP contribution is 2.32. The highest BCUT2D eigenvalue weighted by atomic mass is 15.0. The molecule has 0 radical (unpaired) electrons. The summed E-state index contributed by atoms with van der Waals surface area (Å²) >= 11 is 0. The first kappa shape index (κ1) is 10.3. The second kappa shape index (κ2) is 4.09. The van der Waals surface area contributed by atoms with Crippen LogP contribution in [0, 0.1) is 11.8 Å². The molecule has 3 N–H and O–H groups in total. The van der Waals surface area contributed by atoms with Gasteiger partial charge >= 0.3 is 0 Å². The Morgan fingerprint density at radius 2 is 2.20 bits per heavy atom. The molecule has 1 fully saturated rings. The summed E-state index contributed by atoms with van der Waals surface area (Å²) in [7, 11) is 0. The minimum Gasteiger partial charge on any atom is -0.399 e. The molecular weight excluding hydrogens is 186 g/mol. The van der Waals surface area contributed by atoms with Crippen molar-refractivity contribution >= 4 is 11.5 Å². The van der Waals surface area contributed by atoms with E-state index >= 15 is 0 Å². The van der Waals surface area contributed by atoms with Crippen molar-refractivity contribution in [2.24, 2.45) is 11.8 Å². The summed E-state index contributed by atoms with van der Waals surface area (Å²) in [5, 5.41) is 3.47. The second-order valence-electron chi connectivity index (χ2n) is 4.64. The number of nitrogens with one attached hydrogen (secondary N) is 1. The molecule has 0 amide bonds. The van der Waals surface area contributed by atoms with Crippen molar-refractivity contribution in [1.82, 2.24) is 4.98 Å². The fraction of sp³-hybridized carbons (Fsp3) is 0.583. The number of anilines is 2. The molecule has 3 nitrogen and oxygen atoms in total. The van der Waals surface area contributed by atoms with E-state index in [0.717, 1.165) is 17.4 Å². The molecule has 0 aliphatic heterocycles. The van der Waals surface area contributed by atoms with Crippen LogP contribution in [0.2, 0.25) is 0 Å². The molecule has 15 heavy (non-hydrogen) atoms. The van der Waals surface area contributed by atoms with Gasteiger partial charge in [0, 0.05) is 24.0 Å². The monoisotopic (exact) mass is 205 g/mol. The topological polar surface area (TPSA) is 50.9 Å². The highest BCUT2D eigenvalue weighted by molar-refractivity contribution is 5.48. The maximum absolute atomic E-state index is 5.71. The fourth-order valence-electron chi connectivity index (χ4n) is 2.28. The molecule has 0 aromatic carbocycles. The molecule has 0 saturated heterocycles. The Hall–Kier alpha value is -1.25. The number of aromatic nitrogens is 1. The molecule has 1 aliphatic rings. The first-order valence-electron chi connectivity index (χ1n) is 5.65. The van der Waals surface area contributed by atoms with Gasteiger partial charge in [0.2, 0.25) is 0 Å². The van der Waals surface area contributed by atoms with Gasteiger partial charge in [-0.15, -0.1) is 0 Å². The van der Waals surface area contributed by atoms with E-state index in [4.69, 9.17) is 5.73 Å². The lowest BCUT2D eigenvalue weighted by molar-refractivity contribution is 0.435. The lowest BCUT2D eigenvalue weighted by Gasteiger charge is -2.20. The minimum atomic E-state index is 0.550. The van der Waals surface area contributed by atoms with E-state index in [0.29, 0.717) is 12.0 Å². The van der Waals surface area contributed by atoms with Crippen molar-refractivity contribution in [3.63, 3.8) is 0 Å². The predicted molar refractivity (Wildman–Crippen MR) is 63.6 cm³/mol. The molecule has 1 aliphatic carbocycles. The molecule has 1 saturated carbocycles. The molecular formula is C12H19N3. The molecule has 0 spiro atoms. The number of nitrogens with zero attached hydrogens (tertiary/aromatic N) is 1. The summed E-state index contributed by atoms with van der Waals surface area (Å²) in [6, 6.07) is 4.26. The van der Waals surface area contributed by atoms with E-state index in [9.17, 15) is 0 Å². The number of hydrogen-bond donors (Lipinski definition) is 2. The van der Waals surface area contributed by atoms with E-state index in [1.165, 1.54) is 12.8 Å². The Kier molecular flexibility index (Phi) is 2.80. The molecule has 1 aromatic heterocycles. The number of pyridine rings is 1. The van der Waals surface area contributed by atoms with Crippen LogP contribution >= 0.6 is 0 Å². The van der Waals surface area contributed by atoms with Gasteiger partial charge < -0.3 is 11.1 Å². The largest absolute Gasteiger partial charge is 0.399 e. The van der Waals surface area contributed by atoms with Crippen LogP contribution in [0.1, 0.15) is 26.7 Å². The Balaban J connectivity index is 2.03. The zero-order chi connectivity index (χ0) is 10.8. The van der Waals surface area contributed by atoms with Crippen molar-refractivity contribution in [3.8, 4) is 0 Å². The molecule has 3 heteroatoms. The van der Waals surface area contributed by atoms with E-state index in [-0.39, 0.29) is 0 Å². The van der Waals surface area contributed by atoms with Crippen molar-refractivity contribution in [1.29, 1.82) is 0 Å². The summed E-state index contributed by atoms with van der Waals surface area (Å²) in [5.74, 6) is 2.43. The van der Waals surface area contributed by atoms with Gasteiger partial charge in [0.15, 0.2) is 0 Å². The maximum Gasteiger partial charge on any atom is 0.128 e. The summed E-state index contributed by atoms with van der Waals surface area (Å²) < 4.78 is 0. The first-order chi connectivity index (χ1) is 7.16. The van der Waals surface area contributed by atoms with Gasteiger partial charge in [-0.25, -0.2) is 4.98 Å². The molecule has 1 aromatic rings. The molecule has 1 heterocycles. The predicted octanol–water partition coefficient (Wildman–Crippen LogP) is 2.51. The fourth-order valence-corrected chi connectivity index (χ4v) is 2.28. The summed E-state index contributed by atoms with van der Waals surface area (Å²) in [5.41, 5.74) is 6.48. The average molecular weight is 205 g/mol. The smallest absolute Gasteiger partial charge is 0.128 e. The molecule has 3 unspecified atom stereocenters. The van der Waals surface area contributed by atoms with Crippen LogP contribution in [0.4, 0.5) is 11.5 Å². The molecule has 0 bridgehead atoms. The summed E-state index contributed by atoms with van der Waals surface area (Å²) in [6.45, 7) is 4.63. The van der Waals surface area contributed by atoms with E-state index in [2.05, 4.69) is 24.1 Å². The summed E-state index contributed by atoms with van der Waals surface area (Å²) in [6.07, 6.45) is 4.29. The normalized spacial score (nSPS) is 30.4. The third-order valence-electron chi connectivity index (χ3n) is 3.58. The van der Waals surface area contributed by atoms with Crippen LogP contribution in [0.15, 0.2) is 18.3 Å². The van der Waals surface area contributed by atoms with Crippen molar-refractivity contribution < 1.29 is 0 Å². The standard InChI is InChI=1S/C12H19N3/c1-8-3-4-11(9(8)2)15-12-7-10(13)5-6-14-12/h5-9,11H,3-4H2,1-2H3,(H3,13,14,15). The van der Waals surface area contributed by atoms with Crippen molar-refractivity contribution in [2.75, 3.05) is 11.1 Å². The Morgan fingerprint density at radius 3 is 2.80 bits per heavy atom. The van der Waals surface area contributed by atoms with Gasteiger partial charge in [-0.1, -0.05) is 13.8 Å². The maximum atomic E-state index is 5.71. The van der Waals surface area contributed by atoms with Gasteiger partial charge in [-0.2, -0.15) is 0 Å². The average Bonchev–Trinajstić information content (AvgIpc) is 2.50. The molecule has 82 valence electrons. The minimum absolute atomic E-state index is 0.550. The highest BCUT2D eigenvalue weighted by Gasteiger charge is 2.29. The lowest BCUT2D eigenvalue weighted by atomic mass is 9.98. The van der Waals surface area contributed by atoms with Gasteiger partial charge in [0.1, 0.15) is 5.82 Å². The number of hydrogen-bond acceptors (Lipinski definition) is 3. The van der Waals surface area contributed by atoms with Crippen molar-refractivity contribution in [3.05, 3.63) is 18.3 Å². The zero-order valence-electron chi connectivity index (χ0n) is 9.40. The van der Waals surface area contributed by atoms with Crippen LogP contribution < -0.4 is 11.1 Å². The van der Waals surface area contributed by atoms with E-state index < -0.39 is 0 Å². The zero-order valence-corrected chi connectivity index (χ0v) is 9.40. The van der Waals surface area contributed by atoms with Crippen molar-refractivity contribution in [2.45, 2.75) is 32.7 Å². The van der Waals surface area contributed by atoms with Gasteiger partial charge in [0.25, 0.3) is 0 Å². The van der Waals surface area contributed by atoms with E-state index in [1.807, 2.05) is 12.1 Å². The number of rotatable bonds is 2. The van der Waals surface area contributed by atoms with Crippen LogP contribution in [0.25, 0.3) is 0 Å². The number of nitrogens with two attached hydrogens (primary N) is 1. The third-order valence-corrected chi connectivity index (χ3v) is 3.58. The van der Waals surface area contributed by atoms with Crippen LogP contribution in [-0.2, 0) is 0 Å². The van der Waals surface area contributed by atoms with E-state index in [1.54, 1.807) is 6.20 Å². The lowest BCUT2D eigenvalue weighted by Crippen LogP contribution is -2.24. The first-order valence-corrected chi connectivity index (χ1v) is 5.65. The molecule has 2 rings (SSSR count). The molecule has 3 atom stereocenters. The van der Waals surface area contributed by atoms with Crippen LogP contribution in [0.5, 0.6) is 0 Å². The van der Waals surface area contributed by atoms with Crippen LogP contribution in [-0.4, -0.2) is 11.0 Å². The van der Waals surface area contributed by atoms with Gasteiger partial charge in [-0.05, 0) is 30.7 Å². The SMILES string of the molecule is CC1CCC(Nc2cc(N)ccn2)C1C. The Labute approximate surface area is 91.1 Å². The number of nitrogen functional groups attached to an aromatic ring is 1. The summed E-state index contributed by atoms with van der Waals surface area (Å²) in [4.78, 5) is 4.27. The quantitative estimate of drug-likeness (QED) is 0.780. The van der Waals surface area contributed by atoms with Gasteiger partial charge in [0.05, 0.1) is 0 Å². The third kappa shape index (κ3) is 2.22. The Morgan fingerprint density at radius 1 is 1.40 bits per heavy atom. The second-order valence-corrected chi connectivity index (χ2v) is 4.64. The van der Waals surface area contributed by atoms with Gasteiger partial charge in [-0.3, -0.25) is 0 Å². The Bertz CT molecular complexity index is 337. The van der Waals surface area contributed by atoms with Crippen LogP contribution in [0.3, 0.4) is 0 Å².